The molecule has 4 atom stereocenters. The van der Waals surface area contributed by atoms with E-state index in [-0.39, 0.29) is 5.56 Å². The second-order valence-electron chi connectivity index (χ2n) is 5.35. The predicted molar refractivity (Wildman–Crippen MR) is 93.9 cm³/mol. The first-order chi connectivity index (χ1) is 11.9. The fourth-order valence-corrected chi connectivity index (χ4v) is 2.32. The predicted octanol–water partition coefficient (Wildman–Crippen LogP) is -0.366. The van der Waals surface area contributed by atoms with E-state index in [1.807, 2.05) is 0 Å². The van der Waals surface area contributed by atoms with E-state index in [9.17, 15) is 30.0 Å². The molecule has 8 nitrogen and oxygen atoms in total. The highest BCUT2D eigenvalue weighted by atomic mass is 35.6. The average Bonchev–Trinajstić information content (AvgIpc) is 2.63. The average molecular weight is 429 g/mol. The van der Waals surface area contributed by atoms with Crippen LogP contribution in [0.5, 0.6) is 0 Å². The summed E-state index contributed by atoms with van der Waals surface area (Å²) in [4.78, 5) is 25.2. The van der Waals surface area contributed by atoms with Gasteiger partial charge in [-0.2, -0.15) is 0 Å². The fourth-order valence-electron chi connectivity index (χ4n) is 2.07. The molecule has 0 bridgehead atoms. The summed E-state index contributed by atoms with van der Waals surface area (Å²) in [6.07, 6.45) is -6.97. The monoisotopic (exact) mass is 427 g/mol. The molecule has 26 heavy (non-hydrogen) atoms. The number of aliphatic hydroxyl groups is 5. The Balaban J connectivity index is 3.48. The van der Waals surface area contributed by atoms with Gasteiger partial charge >= 0.3 is 0 Å². The molecule has 0 saturated heterocycles. The maximum absolute atomic E-state index is 12.7. The molecule has 0 aliphatic heterocycles. The molecule has 0 radical (unpaired) electrons. The maximum atomic E-state index is 12.7. The Morgan fingerprint density at radius 3 is 2.00 bits per heavy atom. The standard InChI is InChI=1S/C15H16Cl3NO7/c16-15(17,18)10(19)13(25)14(26,12(24)9(22)8(21)6-20)11(23)7-4-2-1-3-5-7/h1-5,8-9,12,19-22,24,26H,6H2/t8-,9-,12+,14+/m1/s1. The van der Waals surface area contributed by atoms with Gasteiger partial charge in [0.05, 0.1) is 6.61 Å². The highest BCUT2D eigenvalue weighted by Gasteiger charge is 2.57. The summed E-state index contributed by atoms with van der Waals surface area (Å²) in [5.41, 5.74) is -5.07. The number of hydrogen-bond donors (Lipinski definition) is 6. The Morgan fingerprint density at radius 1 is 1.08 bits per heavy atom. The minimum absolute atomic E-state index is 0.259. The zero-order valence-corrected chi connectivity index (χ0v) is 15.3. The van der Waals surface area contributed by atoms with Gasteiger partial charge in [-0.15, -0.1) is 0 Å². The second kappa shape index (κ2) is 8.73. The zero-order chi connectivity index (χ0) is 20.3. The van der Waals surface area contributed by atoms with E-state index in [4.69, 9.17) is 45.3 Å². The molecule has 0 heterocycles. The van der Waals surface area contributed by atoms with Crippen molar-refractivity contribution >= 4 is 52.1 Å². The lowest BCUT2D eigenvalue weighted by Crippen LogP contribution is -2.64. The van der Waals surface area contributed by atoms with Gasteiger partial charge in [-0.1, -0.05) is 65.1 Å². The topological polar surface area (TPSA) is 159 Å². The largest absolute Gasteiger partial charge is 0.394 e. The van der Waals surface area contributed by atoms with Crippen LogP contribution < -0.4 is 0 Å². The molecule has 1 rings (SSSR count). The van der Waals surface area contributed by atoms with Crippen molar-refractivity contribution in [2.24, 2.45) is 0 Å². The quantitative estimate of drug-likeness (QED) is 0.143. The molecule has 0 fully saturated rings. The van der Waals surface area contributed by atoms with Crippen LogP contribution in [0.25, 0.3) is 0 Å². The Kier molecular flexibility index (Phi) is 7.70. The van der Waals surface area contributed by atoms with Crippen LogP contribution in [0, 0.1) is 5.41 Å². The number of rotatable bonds is 8. The summed E-state index contributed by atoms with van der Waals surface area (Å²) in [6, 6.07) is 6.71. The first-order valence-electron chi connectivity index (χ1n) is 7.06. The van der Waals surface area contributed by atoms with Crippen LogP contribution in [0.2, 0.25) is 0 Å². The van der Waals surface area contributed by atoms with Gasteiger partial charge in [-0.25, -0.2) is 0 Å². The van der Waals surface area contributed by atoms with Crippen molar-refractivity contribution in [3.63, 3.8) is 0 Å². The third kappa shape index (κ3) is 4.59. The van der Waals surface area contributed by atoms with E-state index < -0.39 is 51.6 Å². The molecule has 144 valence electrons. The summed E-state index contributed by atoms with van der Waals surface area (Å²) in [5.74, 6) is -3.19. The Hall–Kier alpha value is -1.10. The molecule has 0 amide bonds. The third-order valence-corrected chi connectivity index (χ3v) is 4.14. The van der Waals surface area contributed by atoms with E-state index in [1.54, 1.807) is 0 Å². The van der Waals surface area contributed by atoms with Crippen LogP contribution in [-0.4, -0.2) is 77.1 Å². The Labute approximate surface area is 163 Å². The van der Waals surface area contributed by atoms with E-state index in [0.29, 0.717) is 0 Å². The van der Waals surface area contributed by atoms with E-state index in [0.717, 1.165) is 0 Å². The number of carbonyl (C=O) groups excluding carboxylic acids is 2. The van der Waals surface area contributed by atoms with Gasteiger partial charge < -0.3 is 25.5 Å². The van der Waals surface area contributed by atoms with E-state index in [2.05, 4.69) is 0 Å². The van der Waals surface area contributed by atoms with Crippen LogP contribution in [0.4, 0.5) is 0 Å². The molecular formula is C15H16Cl3NO7. The number of alkyl halides is 3. The van der Waals surface area contributed by atoms with E-state index in [1.165, 1.54) is 30.3 Å². The van der Waals surface area contributed by atoms with E-state index >= 15 is 0 Å². The van der Waals surface area contributed by atoms with Crippen molar-refractivity contribution in [3.05, 3.63) is 35.9 Å². The van der Waals surface area contributed by atoms with Gasteiger partial charge in [0.2, 0.25) is 21.0 Å². The first kappa shape index (κ1) is 22.9. The minimum atomic E-state index is -3.46. The first-order valence-corrected chi connectivity index (χ1v) is 8.20. The number of Topliss-reactive ketones (excluding diaryl/α,β-unsaturated/α-hetero) is 2. The smallest absolute Gasteiger partial charge is 0.235 e. The van der Waals surface area contributed by atoms with Crippen LogP contribution in [0.1, 0.15) is 10.4 Å². The van der Waals surface area contributed by atoms with Gasteiger partial charge in [0.15, 0.2) is 0 Å². The number of ketones is 2. The third-order valence-electron chi connectivity index (χ3n) is 3.57. The summed E-state index contributed by atoms with van der Waals surface area (Å²) < 4.78 is -2.64. The fraction of sp³-hybridized carbons (Fsp3) is 0.400. The van der Waals surface area contributed by atoms with Crippen molar-refractivity contribution < 1.29 is 35.1 Å². The lowest BCUT2D eigenvalue weighted by molar-refractivity contribution is -0.157. The maximum Gasteiger partial charge on any atom is 0.235 e. The number of benzene rings is 1. The minimum Gasteiger partial charge on any atom is -0.394 e. The molecule has 1 aromatic carbocycles. The number of carbonyl (C=O) groups is 2. The van der Waals surface area contributed by atoms with Crippen molar-refractivity contribution in [3.8, 4) is 0 Å². The van der Waals surface area contributed by atoms with Crippen molar-refractivity contribution in [2.45, 2.75) is 27.7 Å². The number of nitrogens with one attached hydrogen (secondary N) is 1. The molecule has 0 aliphatic rings. The molecule has 0 aromatic heterocycles. The lowest BCUT2D eigenvalue weighted by Gasteiger charge is -2.35. The highest BCUT2D eigenvalue weighted by molar-refractivity contribution is 6.83. The molecule has 0 spiro atoms. The number of halogens is 3. The molecule has 6 N–H and O–H groups in total. The number of aliphatic hydroxyl groups excluding tert-OH is 4. The summed E-state index contributed by atoms with van der Waals surface area (Å²) in [7, 11) is 0. The van der Waals surface area contributed by atoms with Gasteiger partial charge in [0, 0.05) is 5.56 Å². The summed E-state index contributed by atoms with van der Waals surface area (Å²) >= 11 is 16.3. The summed E-state index contributed by atoms with van der Waals surface area (Å²) in [6.45, 7) is -1.05. The molecule has 11 heteroatoms. The molecule has 1 aromatic rings. The normalized spacial score (nSPS) is 17.7. The van der Waals surface area contributed by atoms with Gasteiger partial charge in [-0.05, 0) is 0 Å². The molecule has 0 unspecified atom stereocenters. The summed E-state index contributed by atoms with van der Waals surface area (Å²) in [5, 5.41) is 56.7. The molecule has 0 aliphatic carbocycles. The van der Waals surface area contributed by atoms with Gasteiger partial charge in [0.25, 0.3) is 0 Å². The lowest BCUT2D eigenvalue weighted by atomic mass is 9.79. The zero-order valence-electron chi connectivity index (χ0n) is 13.0. The van der Waals surface area contributed by atoms with Crippen molar-refractivity contribution in [1.29, 1.82) is 5.41 Å². The second-order valence-corrected chi connectivity index (χ2v) is 7.63. The van der Waals surface area contributed by atoms with Crippen LogP contribution >= 0.6 is 34.8 Å². The highest BCUT2D eigenvalue weighted by Crippen LogP contribution is 2.32. The Morgan fingerprint density at radius 2 is 1.58 bits per heavy atom. The van der Waals surface area contributed by atoms with Crippen LogP contribution in [-0.2, 0) is 4.79 Å². The van der Waals surface area contributed by atoms with Crippen LogP contribution in [0.15, 0.2) is 30.3 Å². The SMILES string of the molecule is N=C(C(=O)[C@](O)(C(=O)c1ccccc1)[C@@H](O)[C@H](O)[C@H](O)CO)C(Cl)(Cl)Cl. The number of hydrogen-bond acceptors (Lipinski definition) is 8. The van der Waals surface area contributed by atoms with Crippen LogP contribution in [0.3, 0.4) is 0 Å². The van der Waals surface area contributed by atoms with Crippen molar-refractivity contribution in [1.82, 2.24) is 0 Å². The van der Waals surface area contributed by atoms with Gasteiger partial charge in [0.1, 0.15) is 24.0 Å². The van der Waals surface area contributed by atoms with Crippen molar-refractivity contribution in [2.75, 3.05) is 6.61 Å². The van der Waals surface area contributed by atoms with Gasteiger partial charge in [-0.3, -0.25) is 15.0 Å². The molecular weight excluding hydrogens is 413 g/mol. The molecule has 0 saturated carbocycles. The Bertz CT molecular complexity index is 680.